The van der Waals surface area contributed by atoms with E-state index in [0.717, 1.165) is 45.1 Å². The van der Waals surface area contributed by atoms with E-state index in [-0.39, 0.29) is 11.8 Å². The lowest BCUT2D eigenvalue weighted by Gasteiger charge is -2.05. The van der Waals surface area contributed by atoms with Crippen LogP contribution in [0, 0.1) is 0 Å². The summed E-state index contributed by atoms with van der Waals surface area (Å²) < 4.78 is 0. The highest BCUT2D eigenvalue weighted by atomic mass is 16.1. The molecule has 3 N–H and O–H groups in total. The van der Waals surface area contributed by atoms with Gasteiger partial charge in [-0.2, -0.15) is 0 Å². The van der Waals surface area contributed by atoms with Crippen LogP contribution in [0.2, 0.25) is 0 Å². The van der Waals surface area contributed by atoms with Crippen LogP contribution >= 0.6 is 0 Å². The number of rotatable bonds is 22. The first-order valence-electron chi connectivity index (χ1n) is 12.4. The largest absolute Gasteiger partial charge is 0.370 e. The average Bonchev–Trinajstić information content (AvgIpc) is 2.70. The van der Waals surface area contributed by atoms with Crippen molar-refractivity contribution in [3.8, 4) is 0 Å². The van der Waals surface area contributed by atoms with E-state index in [1.165, 1.54) is 70.6 Å². The van der Waals surface area contributed by atoms with Crippen LogP contribution in [0.3, 0.4) is 0 Å². The van der Waals surface area contributed by atoms with Crippen molar-refractivity contribution < 1.29 is 9.59 Å². The smallest absolute Gasteiger partial charge is 0.219 e. The summed E-state index contributed by atoms with van der Waals surface area (Å²) in [7, 11) is 0. The van der Waals surface area contributed by atoms with Gasteiger partial charge in [0.1, 0.15) is 0 Å². The molecule has 0 aliphatic rings. The summed E-state index contributed by atoms with van der Waals surface area (Å²) in [5.41, 5.74) is 5.11. The fourth-order valence-corrected chi connectivity index (χ4v) is 3.45. The maximum Gasteiger partial charge on any atom is 0.219 e. The van der Waals surface area contributed by atoms with Crippen molar-refractivity contribution in [2.24, 2.45) is 5.73 Å². The zero-order chi connectivity index (χ0) is 21.4. The van der Waals surface area contributed by atoms with Gasteiger partial charge in [0.05, 0.1) is 0 Å². The van der Waals surface area contributed by atoms with Crippen LogP contribution in [0.5, 0.6) is 0 Å². The minimum Gasteiger partial charge on any atom is -0.370 e. The van der Waals surface area contributed by atoms with Crippen molar-refractivity contribution in [1.29, 1.82) is 0 Å². The molecule has 0 aromatic heterocycles. The summed E-state index contributed by atoms with van der Waals surface area (Å²) in [4.78, 5) is 22.4. The molecule has 0 aliphatic heterocycles. The molecule has 0 aromatic rings. The second-order valence-corrected chi connectivity index (χ2v) is 8.31. The normalized spacial score (nSPS) is 11.2. The Labute approximate surface area is 180 Å². The molecule has 0 saturated heterocycles. The number of amides is 2. The standard InChI is InChI=1S/C25H48N2O2/c1-2-3-4-5-6-7-8-9-10-11-12-13-17-20-23-27-25(29)22-19-16-14-15-18-21-24(26)28/h9-10H,2-8,11-23H2,1H3,(H2,26,28)(H,27,29)/b10-9-. The molecule has 0 rings (SSSR count). The van der Waals surface area contributed by atoms with Gasteiger partial charge in [-0.3, -0.25) is 9.59 Å². The molecule has 0 aliphatic carbocycles. The zero-order valence-electron chi connectivity index (χ0n) is 19.2. The molecule has 0 aromatic carbocycles. The van der Waals surface area contributed by atoms with E-state index in [4.69, 9.17) is 5.73 Å². The predicted octanol–water partition coefficient (Wildman–Crippen LogP) is 6.58. The number of unbranched alkanes of at least 4 members (excludes halogenated alkanes) is 14. The fraction of sp³-hybridized carbons (Fsp3) is 0.840. The summed E-state index contributed by atoms with van der Waals surface area (Å²) in [6, 6.07) is 0. The maximum absolute atomic E-state index is 11.8. The van der Waals surface area contributed by atoms with Gasteiger partial charge in [-0.25, -0.2) is 0 Å². The van der Waals surface area contributed by atoms with E-state index in [1.807, 2.05) is 0 Å². The molecule has 0 unspecified atom stereocenters. The van der Waals surface area contributed by atoms with Gasteiger partial charge in [-0.05, 0) is 44.9 Å². The molecule has 0 heterocycles. The second kappa shape index (κ2) is 23.0. The summed E-state index contributed by atoms with van der Waals surface area (Å²) in [6.07, 6.45) is 26.3. The van der Waals surface area contributed by atoms with E-state index >= 15 is 0 Å². The van der Waals surface area contributed by atoms with Gasteiger partial charge < -0.3 is 11.1 Å². The Morgan fingerprint density at radius 2 is 1.14 bits per heavy atom. The lowest BCUT2D eigenvalue weighted by Crippen LogP contribution is -2.23. The third kappa shape index (κ3) is 24.6. The molecule has 0 bridgehead atoms. The molecule has 170 valence electrons. The van der Waals surface area contributed by atoms with Crippen molar-refractivity contribution in [1.82, 2.24) is 5.32 Å². The van der Waals surface area contributed by atoms with E-state index in [9.17, 15) is 9.59 Å². The third-order valence-electron chi connectivity index (χ3n) is 5.34. The summed E-state index contributed by atoms with van der Waals surface area (Å²) in [6.45, 7) is 3.08. The molecule has 0 saturated carbocycles. The lowest BCUT2D eigenvalue weighted by molar-refractivity contribution is -0.121. The van der Waals surface area contributed by atoms with Crippen LogP contribution in [0.1, 0.15) is 129 Å². The summed E-state index contributed by atoms with van der Waals surface area (Å²) >= 11 is 0. The second-order valence-electron chi connectivity index (χ2n) is 8.31. The monoisotopic (exact) mass is 408 g/mol. The van der Waals surface area contributed by atoms with Crippen molar-refractivity contribution in [3.05, 3.63) is 12.2 Å². The average molecular weight is 409 g/mol. The van der Waals surface area contributed by atoms with E-state index < -0.39 is 0 Å². The molecule has 2 amide bonds. The van der Waals surface area contributed by atoms with E-state index in [0.29, 0.717) is 12.8 Å². The van der Waals surface area contributed by atoms with Crippen molar-refractivity contribution in [2.45, 2.75) is 129 Å². The SMILES string of the molecule is CCCCCCCC/C=C\CCCCCCNC(=O)CCCCCCCC(N)=O. The third-order valence-corrected chi connectivity index (χ3v) is 5.34. The van der Waals surface area contributed by atoms with Crippen molar-refractivity contribution >= 4 is 11.8 Å². The number of carbonyl (C=O) groups excluding carboxylic acids is 2. The number of nitrogens with two attached hydrogens (primary N) is 1. The topological polar surface area (TPSA) is 72.2 Å². The van der Waals surface area contributed by atoms with Gasteiger partial charge in [0.25, 0.3) is 0 Å². The maximum atomic E-state index is 11.8. The molecule has 0 atom stereocenters. The molecule has 4 heteroatoms. The van der Waals surface area contributed by atoms with Gasteiger partial charge >= 0.3 is 0 Å². The molecule has 0 radical (unpaired) electrons. The van der Waals surface area contributed by atoms with Gasteiger partial charge in [-0.1, -0.05) is 83.3 Å². The van der Waals surface area contributed by atoms with Crippen LogP contribution in [-0.4, -0.2) is 18.4 Å². The Bertz CT molecular complexity index is 408. The molecule has 0 fully saturated rings. The van der Waals surface area contributed by atoms with Gasteiger partial charge in [-0.15, -0.1) is 0 Å². The van der Waals surface area contributed by atoms with Crippen LogP contribution in [-0.2, 0) is 9.59 Å². The van der Waals surface area contributed by atoms with Crippen LogP contribution < -0.4 is 11.1 Å². The molecular formula is C25H48N2O2. The highest BCUT2D eigenvalue weighted by Gasteiger charge is 2.01. The van der Waals surface area contributed by atoms with Crippen LogP contribution in [0.4, 0.5) is 0 Å². The predicted molar refractivity (Wildman–Crippen MR) is 125 cm³/mol. The highest BCUT2D eigenvalue weighted by Crippen LogP contribution is 2.09. The Balaban J connectivity index is 3.22. The summed E-state index contributed by atoms with van der Waals surface area (Å²) in [5, 5.41) is 3.03. The minimum absolute atomic E-state index is 0.180. The Morgan fingerprint density at radius 1 is 0.655 bits per heavy atom. The molecule has 4 nitrogen and oxygen atoms in total. The van der Waals surface area contributed by atoms with E-state index in [1.54, 1.807) is 0 Å². The first-order chi connectivity index (χ1) is 14.2. The molecule has 0 spiro atoms. The van der Waals surface area contributed by atoms with Gasteiger partial charge in [0, 0.05) is 19.4 Å². The Kier molecular flexibility index (Phi) is 21.9. The van der Waals surface area contributed by atoms with Crippen LogP contribution in [0.25, 0.3) is 0 Å². The van der Waals surface area contributed by atoms with E-state index in [2.05, 4.69) is 24.4 Å². The van der Waals surface area contributed by atoms with Gasteiger partial charge in [0.2, 0.25) is 11.8 Å². The molecule has 29 heavy (non-hydrogen) atoms. The fourth-order valence-electron chi connectivity index (χ4n) is 3.45. The number of allylic oxidation sites excluding steroid dienone is 2. The van der Waals surface area contributed by atoms with Crippen LogP contribution in [0.15, 0.2) is 12.2 Å². The van der Waals surface area contributed by atoms with Crippen molar-refractivity contribution in [3.63, 3.8) is 0 Å². The lowest BCUT2D eigenvalue weighted by atomic mass is 10.1. The Morgan fingerprint density at radius 3 is 1.72 bits per heavy atom. The minimum atomic E-state index is -0.218. The number of carbonyl (C=O) groups is 2. The molecular weight excluding hydrogens is 360 g/mol. The zero-order valence-corrected chi connectivity index (χ0v) is 19.2. The summed E-state index contributed by atoms with van der Waals surface area (Å²) in [5.74, 6) is -0.0379. The quantitative estimate of drug-likeness (QED) is 0.157. The van der Waals surface area contributed by atoms with Gasteiger partial charge in [0.15, 0.2) is 0 Å². The number of primary amides is 1. The first kappa shape index (κ1) is 27.7. The first-order valence-corrected chi connectivity index (χ1v) is 12.4. The van der Waals surface area contributed by atoms with Crippen molar-refractivity contribution in [2.75, 3.05) is 6.54 Å². The number of hydrogen-bond acceptors (Lipinski definition) is 2. The Hall–Kier alpha value is -1.32. The highest BCUT2D eigenvalue weighted by molar-refractivity contribution is 5.75. The number of hydrogen-bond donors (Lipinski definition) is 2. The number of nitrogens with one attached hydrogen (secondary N) is 1.